The number of nitrogens with one attached hydrogen (secondary N) is 1. The van der Waals surface area contributed by atoms with Gasteiger partial charge in [0.05, 0.1) is 5.03 Å². The third kappa shape index (κ3) is 3.69. The Bertz CT molecular complexity index is 344. The van der Waals surface area contributed by atoms with Gasteiger partial charge in [-0.25, -0.2) is 9.97 Å². The Morgan fingerprint density at radius 3 is 2.94 bits per heavy atom. The van der Waals surface area contributed by atoms with Crippen molar-refractivity contribution in [2.45, 2.75) is 55.8 Å². The maximum atomic E-state index is 4.34. The van der Waals surface area contributed by atoms with Crippen molar-refractivity contribution in [3.63, 3.8) is 0 Å². The van der Waals surface area contributed by atoms with Crippen LogP contribution in [0.4, 0.5) is 0 Å². The Balaban J connectivity index is 2.00. The molecule has 3 unspecified atom stereocenters. The van der Waals surface area contributed by atoms with Crippen LogP contribution in [-0.2, 0) is 0 Å². The van der Waals surface area contributed by atoms with E-state index in [0.717, 1.165) is 17.5 Å². The van der Waals surface area contributed by atoms with E-state index in [2.05, 4.69) is 29.1 Å². The minimum absolute atomic E-state index is 0.637. The first-order chi connectivity index (χ1) is 8.83. The standard InChI is InChI=1S/C14H23N3S/c1-3-11-5-6-12(16-4-2)13(9-11)18-14-7-8-15-10-17-14/h7-8,10-13,16H,3-6,9H2,1-2H3. The lowest BCUT2D eigenvalue weighted by Gasteiger charge is -2.35. The molecule has 100 valence electrons. The molecule has 0 radical (unpaired) electrons. The molecule has 3 nitrogen and oxygen atoms in total. The topological polar surface area (TPSA) is 37.8 Å². The summed E-state index contributed by atoms with van der Waals surface area (Å²) in [6, 6.07) is 2.65. The fraction of sp³-hybridized carbons (Fsp3) is 0.714. The molecular formula is C14H23N3S. The first kappa shape index (κ1) is 13.8. The molecule has 0 bridgehead atoms. The number of aromatic nitrogens is 2. The van der Waals surface area contributed by atoms with E-state index in [-0.39, 0.29) is 0 Å². The number of hydrogen-bond acceptors (Lipinski definition) is 4. The van der Waals surface area contributed by atoms with Crippen LogP contribution in [0.1, 0.15) is 39.5 Å². The van der Waals surface area contributed by atoms with Crippen molar-refractivity contribution in [2.24, 2.45) is 5.92 Å². The zero-order chi connectivity index (χ0) is 12.8. The molecule has 2 rings (SSSR count). The van der Waals surface area contributed by atoms with Crippen LogP contribution < -0.4 is 5.32 Å². The maximum absolute atomic E-state index is 4.34. The summed E-state index contributed by atoms with van der Waals surface area (Å²) in [4.78, 5) is 8.33. The van der Waals surface area contributed by atoms with Crippen LogP contribution >= 0.6 is 11.8 Å². The molecule has 1 N–H and O–H groups in total. The molecule has 0 spiro atoms. The quantitative estimate of drug-likeness (QED) is 0.830. The van der Waals surface area contributed by atoms with E-state index in [9.17, 15) is 0 Å². The maximum Gasteiger partial charge on any atom is 0.116 e. The van der Waals surface area contributed by atoms with E-state index in [1.165, 1.54) is 25.7 Å². The third-order valence-corrected chi connectivity index (χ3v) is 5.08. The zero-order valence-electron chi connectivity index (χ0n) is 11.3. The average Bonchev–Trinajstić information content (AvgIpc) is 2.42. The van der Waals surface area contributed by atoms with Crippen LogP contribution in [0.3, 0.4) is 0 Å². The lowest BCUT2D eigenvalue weighted by Crippen LogP contribution is -2.42. The Kier molecular flexibility index (Phi) is 5.45. The Morgan fingerprint density at radius 1 is 1.39 bits per heavy atom. The summed E-state index contributed by atoms with van der Waals surface area (Å²) >= 11 is 1.92. The molecule has 1 heterocycles. The number of nitrogens with zero attached hydrogens (tertiary/aromatic N) is 2. The molecule has 18 heavy (non-hydrogen) atoms. The van der Waals surface area contributed by atoms with Crippen LogP contribution in [0, 0.1) is 5.92 Å². The minimum atomic E-state index is 0.637. The molecule has 0 aliphatic heterocycles. The molecule has 1 fully saturated rings. The smallest absolute Gasteiger partial charge is 0.116 e. The number of rotatable bonds is 5. The van der Waals surface area contributed by atoms with Gasteiger partial charge in [-0.15, -0.1) is 11.8 Å². The molecule has 3 atom stereocenters. The minimum Gasteiger partial charge on any atom is -0.313 e. The highest BCUT2D eigenvalue weighted by molar-refractivity contribution is 7.99. The van der Waals surface area contributed by atoms with E-state index in [4.69, 9.17) is 0 Å². The molecule has 1 aromatic heterocycles. The summed E-state index contributed by atoms with van der Waals surface area (Å²) in [6.07, 6.45) is 8.76. The SMILES string of the molecule is CCNC1CCC(CC)CC1Sc1ccncn1. The van der Waals surface area contributed by atoms with E-state index in [1.807, 2.05) is 24.0 Å². The Hall–Kier alpha value is -0.610. The summed E-state index contributed by atoms with van der Waals surface area (Å²) in [6.45, 7) is 5.56. The van der Waals surface area contributed by atoms with Gasteiger partial charge in [0.25, 0.3) is 0 Å². The first-order valence-electron chi connectivity index (χ1n) is 6.99. The van der Waals surface area contributed by atoms with Gasteiger partial charge in [0.1, 0.15) is 6.33 Å². The highest BCUT2D eigenvalue weighted by atomic mass is 32.2. The number of thioether (sulfide) groups is 1. The van der Waals surface area contributed by atoms with Gasteiger partial charge < -0.3 is 5.32 Å². The van der Waals surface area contributed by atoms with Gasteiger partial charge in [-0.1, -0.05) is 20.3 Å². The summed E-state index contributed by atoms with van der Waals surface area (Å²) < 4.78 is 0. The van der Waals surface area contributed by atoms with Crippen LogP contribution in [0.2, 0.25) is 0 Å². The van der Waals surface area contributed by atoms with E-state index < -0.39 is 0 Å². The van der Waals surface area contributed by atoms with Crippen molar-refractivity contribution < 1.29 is 0 Å². The molecule has 0 saturated heterocycles. The normalized spacial score (nSPS) is 28.2. The second-order valence-electron chi connectivity index (χ2n) is 4.96. The van der Waals surface area contributed by atoms with Crippen LogP contribution in [0.5, 0.6) is 0 Å². The molecule has 0 amide bonds. The lowest BCUT2D eigenvalue weighted by molar-refractivity contribution is 0.297. The summed E-state index contributed by atoms with van der Waals surface area (Å²) in [5.41, 5.74) is 0. The highest BCUT2D eigenvalue weighted by Crippen LogP contribution is 2.36. The Morgan fingerprint density at radius 2 is 2.28 bits per heavy atom. The third-order valence-electron chi connectivity index (χ3n) is 3.77. The first-order valence-corrected chi connectivity index (χ1v) is 7.87. The Labute approximate surface area is 114 Å². The average molecular weight is 265 g/mol. The fourth-order valence-corrected chi connectivity index (χ4v) is 4.03. The monoisotopic (exact) mass is 265 g/mol. The van der Waals surface area contributed by atoms with Gasteiger partial charge in [0, 0.05) is 17.5 Å². The second-order valence-corrected chi connectivity index (χ2v) is 6.21. The molecule has 1 aromatic rings. The van der Waals surface area contributed by atoms with Crippen molar-refractivity contribution in [3.05, 3.63) is 18.6 Å². The van der Waals surface area contributed by atoms with Gasteiger partial charge in [0.15, 0.2) is 0 Å². The van der Waals surface area contributed by atoms with Gasteiger partial charge in [0.2, 0.25) is 0 Å². The molecule has 1 saturated carbocycles. The fourth-order valence-electron chi connectivity index (χ4n) is 2.71. The van der Waals surface area contributed by atoms with Crippen LogP contribution in [-0.4, -0.2) is 27.8 Å². The zero-order valence-corrected chi connectivity index (χ0v) is 12.1. The summed E-state index contributed by atoms with van der Waals surface area (Å²) in [5, 5.41) is 5.39. The molecule has 1 aliphatic rings. The van der Waals surface area contributed by atoms with Crippen molar-refractivity contribution >= 4 is 11.8 Å². The van der Waals surface area contributed by atoms with Gasteiger partial charge in [-0.05, 0) is 37.8 Å². The van der Waals surface area contributed by atoms with Crippen LogP contribution in [0.15, 0.2) is 23.6 Å². The number of hydrogen-bond donors (Lipinski definition) is 1. The van der Waals surface area contributed by atoms with E-state index in [0.29, 0.717) is 11.3 Å². The molecule has 0 aromatic carbocycles. The van der Waals surface area contributed by atoms with Crippen molar-refractivity contribution in [3.8, 4) is 0 Å². The van der Waals surface area contributed by atoms with Crippen LogP contribution in [0.25, 0.3) is 0 Å². The van der Waals surface area contributed by atoms with Gasteiger partial charge >= 0.3 is 0 Å². The van der Waals surface area contributed by atoms with Crippen molar-refractivity contribution in [2.75, 3.05) is 6.54 Å². The second kappa shape index (κ2) is 7.10. The largest absolute Gasteiger partial charge is 0.313 e. The summed E-state index contributed by atoms with van der Waals surface area (Å²) in [7, 11) is 0. The van der Waals surface area contributed by atoms with Gasteiger partial charge in [-0.2, -0.15) is 0 Å². The lowest BCUT2D eigenvalue weighted by atomic mass is 9.84. The predicted octanol–water partition coefficient (Wildman–Crippen LogP) is 3.13. The van der Waals surface area contributed by atoms with E-state index >= 15 is 0 Å². The van der Waals surface area contributed by atoms with Crippen molar-refractivity contribution in [1.82, 2.24) is 15.3 Å². The van der Waals surface area contributed by atoms with Crippen molar-refractivity contribution in [1.29, 1.82) is 0 Å². The summed E-state index contributed by atoms with van der Waals surface area (Å²) in [5.74, 6) is 0.888. The molecular weight excluding hydrogens is 242 g/mol. The van der Waals surface area contributed by atoms with E-state index in [1.54, 1.807) is 6.33 Å². The molecule has 1 aliphatic carbocycles. The molecule has 4 heteroatoms. The van der Waals surface area contributed by atoms with Gasteiger partial charge in [-0.3, -0.25) is 0 Å². The highest BCUT2D eigenvalue weighted by Gasteiger charge is 2.30. The predicted molar refractivity (Wildman–Crippen MR) is 76.8 cm³/mol.